The molecule has 94 valence electrons. The zero-order valence-electron chi connectivity index (χ0n) is 10.1. The standard InChI is InChI=1S/C12H18BrN3O/c1-3-17-10-5-9(14)11(10)16-12-7(2)4-8(13)6-15-12/h4,6,9-11H,3,5,14H2,1-2H3,(H,15,16). The Balaban J connectivity index is 2.04. The molecule has 0 spiro atoms. The Morgan fingerprint density at radius 1 is 1.65 bits per heavy atom. The number of pyridine rings is 1. The number of rotatable bonds is 4. The van der Waals surface area contributed by atoms with Crippen molar-refractivity contribution < 1.29 is 4.74 Å². The number of aryl methyl sites for hydroxylation is 1. The van der Waals surface area contributed by atoms with Crippen LogP contribution < -0.4 is 11.1 Å². The minimum absolute atomic E-state index is 0.149. The van der Waals surface area contributed by atoms with Gasteiger partial charge in [0.05, 0.1) is 12.1 Å². The molecule has 1 fully saturated rings. The summed E-state index contributed by atoms with van der Waals surface area (Å²) in [5.74, 6) is 0.887. The third kappa shape index (κ3) is 2.78. The summed E-state index contributed by atoms with van der Waals surface area (Å²) in [6, 6.07) is 2.36. The average Bonchev–Trinajstić information content (AvgIpc) is 2.27. The van der Waals surface area contributed by atoms with Crippen LogP contribution in [-0.4, -0.2) is 29.8 Å². The van der Waals surface area contributed by atoms with Crippen molar-refractivity contribution in [2.75, 3.05) is 11.9 Å². The molecule has 1 aliphatic rings. The van der Waals surface area contributed by atoms with E-state index in [1.54, 1.807) is 6.20 Å². The highest BCUT2D eigenvalue weighted by Crippen LogP contribution is 2.27. The predicted octanol–water partition coefficient (Wildman–Crippen LogP) is 2.07. The molecule has 0 radical (unpaired) electrons. The highest BCUT2D eigenvalue weighted by atomic mass is 79.9. The zero-order valence-corrected chi connectivity index (χ0v) is 11.7. The van der Waals surface area contributed by atoms with Gasteiger partial charge in [0.1, 0.15) is 5.82 Å². The van der Waals surface area contributed by atoms with Crippen LogP contribution in [0.3, 0.4) is 0 Å². The topological polar surface area (TPSA) is 60.2 Å². The summed E-state index contributed by atoms with van der Waals surface area (Å²) in [6.07, 6.45) is 2.91. The molecule has 1 heterocycles. The summed E-state index contributed by atoms with van der Waals surface area (Å²) in [5, 5.41) is 3.38. The second-order valence-corrected chi connectivity index (χ2v) is 5.30. The third-order valence-corrected chi connectivity index (χ3v) is 3.53. The molecule has 0 aliphatic heterocycles. The molecule has 0 aromatic carbocycles. The van der Waals surface area contributed by atoms with E-state index in [-0.39, 0.29) is 18.2 Å². The maximum atomic E-state index is 5.99. The van der Waals surface area contributed by atoms with Crippen molar-refractivity contribution in [1.29, 1.82) is 0 Å². The Morgan fingerprint density at radius 3 is 3.00 bits per heavy atom. The zero-order chi connectivity index (χ0) is 12.4. The lowest BCUT2D eigenvalue weighted by atomic mass is 9.83. The van der Waals surface area contributed by atoms with Crippen LogP contribution in [0.5, 0.6) is 0 Å². The Bertz CT molecular complexity index is 397. The molecular weight excluding hydrogens is 282 g/mol. The molecule has 1 saturated carbocycles. The lowest BCUT2D eigenvalue weighted by molar-refractivity contribution is -0.0127. The second-order valence-electron chi connectivity index (χ2n) is 4.38. The van der Waals surface area contributed by atoms with Gasteiger partial charge in [-0.2, -0.15) is 0 Å². The van der Waals surface area contributed by atoms with Crippen molar-refractivity contribution >= 4 is 21.7 Å². The van der Waals surface area contributed by atoms with E-state index >= 15 is 0 Å². The first-order valence-electron chi connectivity index (χ1n) is 5.87. The second kappa shape index (κ2) is 5.33. The fourth-order valence-electron chi connectivity index (χ4n) is 2.08. The number of nitrogens with one attached hydrogen (secondary N) is 1. The van der Waals surface area contributed by atoms with Gasteiger partial charge >= 0.3 is 0 Å². The van der Waals surface area contributed by atoms with E-state index < -0.39 is 0 Å². The maximum absolute atomic E-state index is 5.99. The van der Waals surface area contributed by atoms with Gasteiger partial charge < -0.3 is 15.8 Å². The van der Waals surface area contributed by atoms with Crippen LogP contribution in [0.25, 0.3) is 0 Å². The normalized spacial score (nSPS) is 27.6. The van der Waals surface area contributed by atoms with Crippen LogP contribution >= 0.6 is 15.9 Å². The number of ether oxygens (including phenoxy) is 1. The van der Waals surface area contributed by atoms with Crippen molar-refractivity contribution in [3.63, 3.8) is 0 Å². The minimum atomic E-state index is 0.149. The SMILES string of the molecule is CCOC1CC(N)C1Nc1ncc(Br)cc1C. The van der Waals surface area contributed by atoms with Crippen LogP contribution in [0.1, 0.15) is 18.9 Å². The summed E-state index contributed by atoms with van der Waals surface area (Å²) in [5.41, 5.74) is 7.10. The number of anilines is 1. The molecule has 0 saturated heterocycles. The van der Waals surface area contributed by atoms with E-state index in [0.717, 1.165) is 28.9 Å². The number of hydrogen-bond acceptors (Lipinski definition) is 4. The van der Waals surface area contributed by atoms with Crippen molar-refractivity contribution in [2.45, 2.75) is 38.5 Å². The largest absolute Gasteiger partial charge is 0.376 e. The molecule has 5 heteroatoms. The smallest absolute Gasteiger partial charge is 0.129 e. The first-order valence-corrected chi connectivity index (χ1v) is 6.67. The number of nitrogens with zero attached hydrogens (tertiary/aromatic N) is 1. The van der Waals surface area contributed by atoms with Gasteiger partial charge in [0.15, 0.2) is 0 Å². The van der Waals surface area contributed by atoms with Gasteiger partial charge in [-0.05, 0) is 47.8 Å². The fourth-order valence-corrected chi connectivity index (χ4v) is 2.52. The van der Waals surface area contributed by atoms with Gasteiger partial charge in [0.2, 0.25) is 0 Å². The highest BCUT2D eigenvalue weighted by molar-refractivity contribution is 9.10. The molecule has 3 unspecified atom stereocenters. The summed E-state index contributed by atoms with van der Waals surface area (Å²) in [6.45, 7) is 4.76. The molecule has 3 N–H and O–H groups in total. The Labute approximate surface area is 110 Å². The number of halogens is 1. The van der Waals surface area contributed by atoms with Crippen molar-refractivity contribution in [3.8, 4) is 0 Å². The molecule has 1 aromatic rings. The molecule has 0 amide bonds. The monoisotopic (exact) mass is 299 g/mol. The quantitative estimate of drug-likeness (QED) is 0.893. The summed E-state index contributed by atoms with van der Waals surface area (Å²) < 4.78 is 6.60. The van der Waals surface area contributed by atoms with Crippen LogP contribution in [-0.2, 0) is 4.74 Å². The van der Waals surface area contributed by atoms with E-state index in [4.69, 9.17) is 10.5 Å². The van der Waals surface area contributed by atoms with E-state index in [1.807, 2.05) is 19.9 Å². The summed E-state index contributed by atoms with van der Waals surface area (Å²) in [7, 11) is 0. The molecular formula is C12H18BrN3O. The van der Waals surface area contributed by atoms with Crippen molar-refractivity contribution in [2.24, 2.45) is 5.73 Å². The van der Waals surface area contributed by atoms with Gasteiger partial charge in [0.25, 0.3) is 0 Å². The molecule has 1 aliphatic carbocycles. The van der Waals surface area contributed by atoms with Crippen LogP contribution in [0.4, 0.5) is 5.82 Å². The van der Waals surface area contributed by atoms with Crippen molar-refractivity contribution in [3.05, 3.63) is 22.3 Å². The fraction of sp³-hybridized carbons (Fsp3) is 0.583. The minimum Gasteiger partial charge on any atom is -0.376 e. The van der Waals surface area contributed by atoms with Crippen LogP contribution in [0, 0.1) is 6.92 Å². The number of nitrogens with two attached hydrogens (primary N) is 1. The molecule has 2 rings (SSSR count). The summed E-state index contributed by atoms with van der Waals surface area (Å²) >= 11 is 3.40. The lowest BCUT2D eigenvalue weighted by Gasteiger charge is -2.42. The Hall–Kier alpha value is -0.650. The molecule has 4 nitrogen and oxygen atoms in total. The number of hydrogen-bond donors (Lipinski definition) is 2. The van der Waals surface area contributed by atoms with Gasteiger partial charge in [0, 0.05) is 23.3 Å². The average molecular weight is 300 g/mol. The highest BCUT2D eigenvalue weighted by Gasteiger charge is 2.39. The van der Waals surface area contributed by atoms with Gasteiger partial charge in [-0.1, -0.05) is 0 Å². The van der Waals surface area contributed by atoms with Gasteiger partial charge in [-0.15, -0.1) is 0 Å². The lowest BCUT2D eigenvalue weighted by Crippen LogP contribution is -2.60. The van der Waals surface area contributed by atoms with Crippen molar-refractivity contribution in [1.82, 2.24) is 4.98 Å². The first-order chi connectivity index (χ1) is 8.11. The van der Waals surface area contributed by atoms with Gasteiger partial charge in [-0.3, -0.25) is 0 Å². The molecule has 1 aromatic heterocycles. The van der Waals surface area contributed by atoms with E-state index in [2.05, 4.69) is 26.2 Å². The molecule has 0 bridgehead atoms. The number of aromatic nitrogens is 1. The Morgan fingerprint density at radius 2 is 2.41 bits per heavy atom. The third-order valence-electron chi connectivity index (χ3n) is 3.10. The van der Waals surface area contributed by atoms with E-state index in [9.17, 15) is 0 Å². The first kappa shape index (κ1) is 12.8. The van der Waals surface area contributed by atoms with Crippen LogP contribution in [0.2, 0.25) is 0 Å². The summed E-state index contributed by atoms with van der Waals surface area (Å²) in [4.78, 5) is 4.36. The van der Waals surface area contributed by atoms with Crippen LogP contribution in [0.15, 0.2) is 16.7 Å². The van der Waals surface area contributed by atoms with Gasteiger partial charge in [-0.25, -0.2) is 4.98 Å². The maximum Gasteiger partial charge on any atom is 0.129 e. The molecule has 3 atom stereocenters. The Kier molecular flexibility index (Phi) is 4.01. The predicted molar refractivity (Wildman–Crippen MR) is 72.1 cm³/mol. The molecule has 17 heavy (non-hydrogen) atoms. The van der Waals surface area contributed by atoms with E-state index in [0.29, 0.717) is 0 Å². The van der Waals surface area contributed by atoms with E-state index in [1.165, 1.54) is 0 Å².